The van der Waals surface area contributed by atoms with E-state index in [4.69, 9.17) is 14.2 Å². The Morgan fingerprint density at radius 2 is 1.83 bits per heavy atom. The van der Waals surface area contributed by atoms with Crippen molar-refractivity contribution in [3.8, 4) is 0 Å². The van der Waals surface area contributed by atoms with Crippen LogP contribution in [0.3, 0.4) is 0 Å². The molecule has 4 N–H and O–H groups in total. The number of hydrogen-bond acceptors (Lipinski definition) is 10. The molecule has 0 aromatic carbocycles. The van der Waals surface area contributed by atoms with Crippen LogP contribution in [0.2, 0.25) is 0 Å². The summed E-state index contributed by atoms with van der Waals surface area (Å²) in [4.78, 5) is 51.3. The van der Waals surface area contributed by atoms with E-state index in [9.17, 15) is 39.6 Å². The Hall–Kier alpha value is -2.76. The molecule has 4 fully saturated rings. The summed E-state index contributed by atoms with van der Waals surface area (Å²) < 4.78 is 17.1. The van der Waals surface area contributed by atoms with Crippen molar-refractivity contribution in [1.29, 1.82) is 0 Å². The van der Waals surface area contributed by atoms with Crippen LogP contribution in [-0.4, -0.2) is 80.7 Å². The van der Waals surface area contributed by atoms with Crippen LogP contribution in [0.1, 0.15) is 40.5 Å². The monoisotopic (exact) mass is 506 g/mol. The number of fused-ring (bicyclic) bond motifs is 2. The van der Waals surface area contributed by atoms with Gasteiger partial charge in [0.2, 0.25) is 11.7 Å². The summed E-state index contributed by atoms with van der Waals surface area (Å²) in [5, 5.41) is 43.5. The van der Waals surface area contributed by atoms with Gasteiger partial charge in [0.1, 0.15) is 12.2 Å². The molecule has 2 saturated carbocycles. The topological polar surface area (TPSA) is 177 Å². The largest absolute Gasteiger partial charge is 0.504 e. The number of carbonyl (C=O) groups is 4. The summed E-state index contributed by atoms with van der Waals surface area (Å²) in [6.45, 7) is 6.33. The fourth-order valence-electron chi connectivity index (χ4n) is 8.11. The number of aliphatic carboxylic acids is 1. The van der Waals surface area contributed by atoms with E-state index < -0.39 is 82.3 Å². The summed E-state index contributed by atoms with van der Waals surface area (Å²) >= 11 is 0. The molecule has 36 heavy (non-hydrogen) atoms. The third kappa shape index (κ3) is 2.79. The van der Waals surface area contributed by atoms with Crippen LogP contribution in [0.4, 0.5) is 0 Å². The van der Waals surface area contributed by atoms with Crippen LogP contribution in [0.25, 0.3) is 0 Å². The van der Waals surface area contributed by atoms with E-state index >= 15 is 0 Å². The van der Waals surface area contributed by atoms with Gasteiger partial charge in [-0.3, -0.25) is 4.79 Å². The maximum absolute atomic E-state index is 13.2. The Morgan fingerprint density at radius 1 is 1.17 bits per heavy atom. The van der Waals surface area contributed by atoms with Gasteiger partial charge in [0.25, 0.3) is 0 Å². The third-order valence-electron chi connectivity index (χ3n) is 9.32. The first kappa shape index (κ1) is 24.9. The molecule has 11 nitrogen and oxygen atoms in total. The highest BCUT2D eigenvalue weighted by atomic mass is 16.6. The molecule has 0 amide bonds. The molecule has 2 aliphatic heterocycles. The van der Waals surface area contributed by atoms with E-state index in [1.807, 2.05) is 0 Å². The lowest BCUT2D eigenvalue weighted by atomic mass is 9.38. The van der Waals surface area contributed by atoms with Crippen molar-refractivity contribution in [1.82, 2.24) is 0 Å². The third-order valence-corrected chi connectivity index (χ3v) is 9.32. The van der Waals surface area contributed by atoms with E-state index in [0.29, 0.717) is 11.1 Å². The number of aliphatic hydroxyl groups is 3. The van der Waals surface area contributed by atoms with Crippen LogP contribution >= 0.6 is 0 Å². The number of ketones is 1. The average molecular weight is 507 g/mol. The minimum atomic E-state index is -2.45. The van der Waals surface area contributed by atoms with Crippen LogP contribution < -0.4 is 0 Å². The number of esters is 2. The van der Waals surface area contributed by atoms with Crippen molar-refractivity contribution in [3.05, 3.63) is 23.0 Å². The molecule has 10 atom stereocenters. The van der Waals surface area contributed by atoms with E-state index in [2.05, 4.69) is 0 Å². The Kier molecular flexibility index (Phi) is 5.28. The number of aliphatic hydroxyl groups excluding tert-OH is 3. The fraction of sp³-hybridized carbons (Fsp3) is 0.680. The Labute approximate surface area is 206 Å². The summed E-state index contributed by atoms with van der Waals surface area (Å²) in [7, 11) is 0. The SMILES string of the molecule is CC(C)=CC(=O)O[C@H]1C(=O)O[C@@H]2C[C@H]3C(C)=C(O)C(=O)C[C@]3(C)[C@H]3[C@@H](O)[C@H](O)[C@]4(C(=O)O)OC[C@]32[C@@H]14. The lowest BCUT2D eigenvalue weighted by molar-refractivity contribution is -0.289. The maximum Gasteiger partial charge on any atom is 0.348 e. The van der Waals surface area contributed by atoms with Gasteiger partial charge in [0.15, 0.2) is 11.5 Å². The number of rotatable bonds is 3. The molecule has 3 aliphatic carbocycles. The highest BCUT2D eigenvalue weighted by Crippen LogP contribution is 2.72. The molecule has 5 rings (SSSR count). The summed E-state index contributed by atoms with van der Waals surface area (Å²) in [6, 6.07) is 0. The standard InChI is InChI=1S/C25H30O11/c1-9(2)5-14(27)36-17-19-24-8-34-25(19,22(32)33)20(30)16(29)18(24)23(4)7-12(26)15(28)10(3)11(23)6-13(24)35-21(17)31/h5,11,13,16-20,28-30H,6-8H2,1-4H3,(H,32,33)/t11-,13+,16+,17+,18+,19+,20-,23-,24+,25+/m0/s1. The second-order valence-corrected chi connectivity index (χ2v) is 11.3. The van der Waals surface area contributed by atoms with Crippen molar-refractivity contribution < 1.29 is 53.8 Å². The molecule has 0 aromatic rings. The quantitative estimate of drug-likeness (QED) is 0.308. The van der Waals surface area contributed by atoms with Crippen molar-refractivity contribution in [2.24, 2.45) is 28.6 Å². The number of carbonyl (C=O) groups excluding carboxylic acids is 3. The van der Waals surface area contributed by atoms with E-state index in [1.54, 1.807) is 27.7 Å². The van der Waals surface area contributed by atoms with Crippen molar-refractivity contribution in [2.75, 3.05) is 6.61 Å². The van der Waals surface area contributed by atoms with Gasteiger partial charge in [0, 0.05) is 23.8 Å². The normalized spacial score (nSPS) is 46.9. The summed E-state index contributed by atoms with van der Waals surface area (Å²) in [5.41, 5.74) is -3.90. The molecule has 11 heteroatoms. The number of carboxylic acid groups (broad SMARTS) is 1. The van der Waals surface area contributed by atoms with Gasteiger partial charge >= 0.3 is 17.9 Å². The molecular weight excluding hydrogens is 476 g/mol. The maximum atomic E-state index is 13.2. The predicted molar refractivity (Wildman–Crippen MR) is 118 cm³/mol. The Morgan fingerprint density at radius 3 is 2.44 bits per heavy atom. The lowest BCUT2D eigenvalue weighted by Crippen LogP contribution is -2.79. The average Bonchev–Trinajstić information content (AvgIpc) is 3.08. The molecule has 196 valence electrons. The number of hydrogen-bond donors (Lipinski definition) is 4. The number of allylic oxidation sites excluding steroid dienone is 3. The first-order valence-electron chi connectivity index (χ1n) is 12.0. The zero-order valence-corrected chi connectivity index (χ0v) is 20.4. The molecular formula is C25H30O11. The smallest absolute Gasteiger partial charge is 0.348 e. The lowest BCUT2D eigenvalue weighted by Gasteiger charge is -2.67. The molecule has 0 aromatic heterocycles. The van der Waals surface area contributed by atoms with Crippen molar-refractivity contribution in [2.45, 2.75) is 70.6 Å². The first-order chi connectivity index (χ1) is 16.7. The van der Waals surface area contributed by atoms with Crippen LogP contribution in [0.5, 0.6) is 0 Å². The molecule has 2 saturated heterocycles. The van der Waals surface area contributed by atoms with Gasteiger partial charge in [-0.05, 0) is 44.1 Å². The molecule has 0 radical (unpaired) electrons. The van der Waals surface area contributed by atoms with Crippen LogP contribution in [0.15, 0.2) is 23.0 Å². The second kappa shape index (κ2) is 7.62. The minimum Gasteiger partial charge on any atom is -0.504 e. The summed E-state index contributed by atoms with van der Waals surface area (Å²) in [5.74, 6) is -7.26. The molecule has 2 bridgehead atoms. The number of ether oxygens (including phenoxy) is 3. The van der Waals surface area contributed by atoms with Crippen LogP contribution in [-0.2, 0) is 33.4 Å². The highest BCUT2D eigenvalue weighted by molar-refractivity contribution is 5.95. The van der Waals surface area contributed by atoms with E-state index in [0.717, 1.165) is 6.08 Å². The number of Topliss-reactive ketones (excluding diaryl/α,β-unsaturated/α-hetero) is 1. The predicted octanol–water partition coefficient (Wildman–Crippen LogP) is 0.429. The zero-order valence-electron chi connectivity index (χ0n) is 20.4. The Bertz CT molecular complexity index is 1130. The summed E-state index contributed by atoms with van der Waals surface area (Å²) in [6.07, 6.45) is -5.26. The fourth-order valence-corrected chi connectivity index (χ4v) is 8.11. The van der Waals surface area contributed by atoms with Crippen LogP contribution in [0, 0.1) is 28.6 Å². The first-order valence-corrected chi connectivity index (χ1v) is 12.0. The Balaban J connectivity index is 1.73. The van der Waals surface area contributed by atoms with Gasteiger partial charge in [0.05, 0.1) is 18.6 Å². The molecule has 5 aliphatic rings. The van der Waals surface area contributed by atoms with Crippen molar-refractivity contribution >= 4 is 23.7 Å². The molecule has 2 heterocycles. The van der Waals surface area contributed by atoms with Crippen molar-refractivity contribution in [3.63, 3.8) is 0 Å². The van der Waals surface area contributed by atoms with Gasteiger partial charge in [-0.2, -0.15) is 0 Å². The molecule has 1 spiro atoms. The number of carboxylic acids is 1. The van der Waals surface area contributed by atoms with Gasteiger partial charge in [-0.15, -0.1) is 0 Å². The second-order valence-electron chi connectivity index (χ2n) is 11.3. The van der Waals surface area contributed by atoms with Gasteiger partial charge < -0.3 is 34.6 Å². The minimum absolute atomic E-state index is 0.134. The molecule has 0 unspecified atom stereocenters. The van der Waals surface area contributed by atoms with Gasteiger partial charge in [-0.25, -0.2) is 14.4 Å². The van der Waals surface area contributed by atoms with E-state index in [-0.39, 0.29) is 25.2 Å². The van der Waals surface area contributed by atoms with Gasteiger partial charge in [-0.1, -0.05) is 12.5 Å². The zero-order chi connectivity index (χ0) is 26.5. The van der Waals surface area contributed by atoms with E-state index in [1.165, 1.54) is 0 Å². The highest BCUT2D eigenvalue weighted by Gasteiger charge is 2.85.